The van der Waals surface area contributed by atoms with Crippen LogP contribution in [0.2, 0.25) is 0 Å². The van der Waals surface area contributed by atoms with Crippen LogP contribution in [-0.2, 0) is 11.8 Å². The van der Waals surface area contributed by atoms with E-state index in [1.807, 2.05) is 29.2 Å². The van der Waals surface area contributed by atoms with E-state index in [1.54, 1.807) is 17.7 Å². The molecule has 2 aromatic carbocycles. The van der Waals surface area contributed by atoms with E-state index in [2.05, 4.69) is 43.0 Å². The average molecular weight is 422 g/mol. The van der Waals surface area contributed by atoms with Gasteiger partial charge in [0.05, 0.1) is 11.3 Å². The summed E-state index contributed by atoms with van der Waals surface area (Å²) < 4.78 is 1.65. The maximum absolute atomic E-state index is 12.9. The second-order valence-electron chi connectivity index (χ2n) is 7.93. The number of hydrogen-bond acceptors (Lipinski definition) is 4. The lowest BCUT2D eigenvalue weighted by atomic mass is 10.1. The summed E-state index contributed by atoms with van der Waals surface area (Å²) in [4.78, 5) is 30.4. The Morgan fingerprint density at radius 3 is 2.57 bits per heavy atom. The number of anilines is 1. The van der Waals surface area contributed by atoms with E-state index in [-0.39, 0.29) is 17.5 Å². The summed E-state index contributed by atoms with van der Waals surface area (Å²) in [6.45, 7) is 6.52. The van der Waals surface area contributed by atoms with Gasteiger partial charge in [-0.2, -0.15) is 0 Å². The minimum absolute atomic E-state index is 0.0519. The van der Waals surface area contributed by atoms with Crippen LogP contribution in [0.5, 0.6) is 0 Å². The molecule has 1 fully saturated rings. The second kappa shape index (κ2) is 8.56. The molecule has 0 saturated carbocycles. The maximum Gasteiger partial charge on any atom is 0.251 e. The lowest BCUT2D eigenvalue weighted by molar-refractivity contribution is -0.129. The fourth-order valence-corrected chi connectivity index (χ4v) is 5.01. The predicted octanol–water partition coefficient (Wildman–Crippen LogP) is 3.68. The van der Waals surface area contributed by atoms with Gasteiger partial charge in [-0.05, 0) is 32.0 Å². The van der Waals surface area contributed by atoms with E-state index < -0.39 is 0 Å². The summed E-state index contributed by atoms with van der Waals surface area (Å²) in [5, 5.41) is 1.01. The van der Waals surface area contributed by atoms with E-state index in [4.69, 9.17) is 0 Å². The molecular formula is C24H27N3O2S. The lowest BCUT2D eigenvalue weighted by Crippen LogP contribution is -2.54. The number of carbonyl (C=O) groups excluding carboxylic acids is 1. The van der Waals surface area contributed by atoms with Crippen LogP contribution in [0, 0.1) is 6.92 Å². The molecule has 4 rings (SSSR count). The van der Waals surface area contributed by atoms with Crippen LogP contribution >= 0.6 is 11.8 Å². The van der Waals surface area contributed by atoms with Crippen LogP contribution in [0.1, 0.15) is 12.5 Å². The van der Waals surface area contributed by atoms with Gasteiger partial charge in [0, 0.05) is 54.8 Å². The Kier molecular flexibility index (Phi) is 5.86. The molecule has 0 bridgehead atoms. The lowest BCUT2D eigenvalue weighted by Gasteiger charge is -2.41. The van der Waals surface area contributed by atoms with E-state index in [1.165, 1.54) is 23.0 Å². The highest BCUT2D eigenvalue weighted by atomic mass is 32.2. The number of fused-ring (bicyclic) bond motifs is 1. The first-order valence-corrected chi connectivity index (χ1v) is 11.3. The van der Waals surface area contributed by atoms with Gasteiger partial charge in [0.1, 0.15) is 0 Å². The van der Waals surface area contributed by atoms with Gasteiger partial charge < -0.3 is 14.4 Å². The van der Waals surface area contributed by atoms with Gasteiger partial charge in [0.15, 0.2) is 0 Å². The van der Waals surface area contributed by atoms with Crippen LogP contribution in [0.25, 0.3) is 10.9 Å². The Morgan fingerprint density at radius 1 is 1.10 bits per heavy atom. The summed E-state index contributed by atoms with van der Waals surface area (Å²) in [6.07, 6.45) is 0. The first-order chi connectivity index (χ1) is 14.4. The summed E-state index contributed by atoms with van der Waals surface area (Å²) in [5.74, 6) is 0.467. The van der Waals surface area contributed by atoms with Gasteiger partial charge in [0.2, 0.25) is 5.91 Å². The number of aromatic nitrogens is 1. The van der Waals surface area contributed by atoms with Gasteiger partial charge in [-0.25, -0.2) is 0 Å². The first kappa shape index (κ1) is 20.5. The topological polar surface area (TPSA) is 45.6 Å². The van der Waals surface area contributed by atoms with E-state index in [0.717, 1.165) is 28.9 Å². The molecule has 0 unspecified atom stereocenters. The van der Waals surface area contributed by atoms with Gasteiger partial charge >= 0.3 is 0 Å². The summed E-state index contributed by atoms with van der Waals surface area (Å²) in [7, 11) is 1.78. The number of aryl methyl sites for hydroxylation is 2. The fourth-order valence-electron chi connectivity index (χ4n) is 4.03. The monoisotopic (exact) mass is 421 g/mol. The third kappa shape index (κ3) is 4.10. The molecule has 1 atom stereocenters. The number of piperazine rings is 1. The zero-order valence-electron chi connectivity index (χ0n) is 17.7. The van der Waals surface area contributed by atoms with Crippen molar-refractivity contribution in [1.82, 2.24) is 9.47 Å². The molecule has 1 aliphatic rings. The summed E-state index contributed by atoms with van der Waals surface area (Å²) in [6, 6.07) is 18.3. The Labute approximate surface area is 181 Å². The largest absolute Gasteiger partial charge is 0.365 e. The molecule has 3 aromatic rings. The first-order valence-electron chi connectivity index (χ1n) is 10.3. The molecule has 0 aliphatic carbocycles. The second-order valence-corrected chi connectivity index (χ2v) is 8.95. The zero-order chi connectivity index (χ0) is 21.3. The van der Waals surface area contributed by atoms with Crippen LogP contribution in [0.15, 0.2) is 64.3 Å². The highest BCUT2D eigenvalue weighted by Crippen LogP contribution is 2.27. The molecule has 5 nitrogen and oxygen atoms in total. The van der Waals surface area contributed by atoms with Crippen molar-refractivity contribution in [2.45, 2.75) is 24.8 Å². The van der Waals surface area contributed by atoms with Crippen molar-refractivity contribution in [3.63, 3.8) is 0 Å². The molecule has 0 radical (unpaired) electrons. The van der Waals surface area contributed by atoms with Gasteiger partial charge in [0.25, 0.3) is 5.56 Å². The standard InChI is InChI=1S/C24H27N3O2S/c1-17-8-10-19(11-9-17)27-13-12-26(15-18(27)2)24(29)16-30-22-14-23(28)25(3)21-7-5-4-6-20(21)22/h4-11,14,18H,12-13,15-16H2,1-3H3/t18-/m1/s1. The summed E-state index contributed by atoms with van der Waals surface area (Å²) >= 11 is 1.46. The highest BCUT2D eigenvalue weighted by Gasteiger charge is 2.27. The van der Waals surface area contributed by atoms with Crippen molar-refractivity contribution in [3.8, 4) is 0 Å². The number of rotatable bonds is 4. The van der Waals surface area contributed by atoms with E-state index in [0.29, 0.717) is 12.3 Å². The quantitative estimate of drug-likeness (QED) is 0.603. The molecule has 0 spiro atoms. The highest BCUT2D eigenvalue weighted by molar-refractivity contribution is 8.00. The minimum atomic E-state index is -0.0519. The molecule has 1 aliphatic heterocycles. The number of pyridine rings is 1. The fraction of sp³-hybridized carbons (Fsp3) is 0.333. The molecule has 30 heavy (non-hydrogen) atoms. The third-order valence-corrected chi connectivity index (χ3v) is 6.85. The van der Waals surface area contributed by atoms with Gasteiger partial charge in [-0.3, -0.25) is 9.59 Å². The summed E-state index contributed by atoms with van der Waals surface area (Å²) in [5.41, 5.74) is 3.30. The third-order valence-electron chi connectivity index (χ3n) is 5.81. The van der Waals surface area contributed by atoms with E-state index >= 15 is 0 Å². The van der Waals surface area contributed by atoms with Crippen molar-refractivity contribution in [2.75, 3.05) is 30.3 Å². The molecule has 6 heteroatoms. The van der Waals surface area contributed by atoms with Crippen molar-refractivity contribution >= 4 is 34.3 Å². The number of hydrogen-bond donors (Lipinski definition) is 0. The smallest absolute Gasteiger partial charge is 0.251 e. The number of carbonyl (C=O) groups is 1. The Hall–Kier alpha value is -2.73. The van der Waals surface area contributed by atoms with Crippen molar-refractivity contribution in [1.29, 1.82) is 0 Å². The molecular weight excluding hydrogens is 394 g/mol. The van der Waals surface area contributed by atoms with Crippen molar-refractivity contribution in [2.24, 2.45) is 7.05 Å². The van der Waals surface area contributed by atoms with Crippen LogP contribution < -0.4 is 10.5 Å². The number of amides is 1. The van der Waals surface area contributed by atoms with E-state index in [9.17, 15) is 9.59 Å². The normalized spacial score (nSPS) is 16.8. The number of thioether (sulfide) groups is 1. The van der Waals surface area contributed by atoms with Gasteiger partial charge in [-0.1, -0.05) is 35.9 Å². The maximum atomic E-state index is 12.9. The molecule has 2 heterocycles. The van der Waals surface area contributed by atoms with Crippen LogP contribution in [0.3, 0.4) is 0 Å². The molecule has 1 aromatic heterocycles. The number of para-hydroxylation sites is 1. The Bertz CT molecular complexity index is 1120. The number of benzene rings is 2. The van der Waals surface area contributed by atoms with Gasteiger partial charge in [-0.15, -0.1) is 11.8 Å². The zero-order valence-corrected chi connectivity index (χ0v) is 18.5. The van der Waals surface area contributed by atoms with Crippen LogP contribution in [-0.4, -0.2) is 46.8 Å². The Balaban J connectivity index is 1.42. The Morgan fingerprint density at radius 2 is 1.83 bits per heavy atom. The molecule has 1 amide bonds. The number of nitrogens with zero attached hydrogens (tertiary/aromatic N) is 3. The molecule has 156 valence electrons. The average Bonchev–Trinajstić information content (AvgIpc) is 2.76. The van der Waals surface area contributed by atoms with Crippen LogP contribution in [0.4, 0.5) is 5.69 Å². The SMILES string of the molecule is Cc1ccc(N2CCN(C(=O)CSc3cc(=O)n(C)c4ccccc34)C[C@H]2C)cc1. The van der Waals surface area contributed by atoms with Crippen molar-refractivity contribution < 1.29 is 4.79 Å². The molecule has 0 N–H and O–H groups in total. The molecule has 1 saturated heterocycles. The minimum Gasteiger partial charge on any atom is -0.365 e. The van der Waals surface area contributed by atoms with Crippen molar-refractivity contribution in [3.05, 3.63) is 70.5 Å². The predicted molar refractivity (Wildman–Crippen MR) is 124 cm³/mol.